The van der Waals surface area contributed by atoms with E-state index in [4.69, 9.17) is 21.4 Å². The molecular weight excluding hydrogens is 436 g/mol. The molecule has 1 aromatic heterocycles. The van der Waals surface area contributed by atoms with Crippen LogP contribution in [-0.2, 0) is 4.79 Å². The number of methoxy groups -OCH3 is 1. The van der Waals surface area contributed by atoms with Gasteiger partial charge in [0.1, 0.15) is 17.4 Å². The van der Waals surface area contributed by atoms with Gasteiger partial charge in [0.05, 0.1) is 24.2 Å². The molecule has 0 spiro atoms. The van der Waals surface area contributed by atoms with Crippen molar-refractivity contribution in [1.29, 1.82) is 5.26 Å². The van der Waals surface area contributed by atoms with Crippen molar-refractivity contribution in [2.45, 2.75) is 0 Å². The van der Waals surface area contributed by atoms with E-state index in [0.717, 1.165) is 11.3 Å². The summed E-state index contributed by atoms with van der Waals surface area (Å²) >= 11 is 6.05. The van der Waals surface area contributed by atoms with Crippen molar-refractivity contribution in [3.63, 3.8) is 0 Å². The molecule has 3 aromatic carbocycles. The summed E-state index contributed by atoms with van der Waals surface area (Å²) in [6, 6.07) is 26.1. The molecule has 0 aliphatic rings. The molecule has 0 saturated carbocycles. The standard InChI is InChI=1S/C26H19ClN4O2/c1-33-24-13-12-21(27)15-23(24)29-26(32)19(16-28)14-20-17-31(22-10-6-3-7-11-22)30-25(20)18-8-4-2-5-9-18/h2-15,17H,1H3,(H,29,32). The van der Waals surface area contributed by atoms with Gasteiger partial charge in [0.15, 0.2) is 0 Å². The van der Waals surface area contributed by atoms with Crippen LogP contribution >= 0.6 is 11.6 Å². The Morgan fingerprint density at radius 2 is 1.79 bits per heavy atom. The maximum Gasteiger partial charge on any atom is 0.266 e. The molecule has 0 saturated heterocycles. The second-order valence-corrected chi connectivity index (χ2v) is 7.48. The number of hydrogen-bond donors (Lipinski definition) is 1. The summed E-state index contributed by atoms with van der Waals surface area (Å²) < 4.78 is 7.00. The highest BCUT2D eigenvalue weighted by atomic mass is 35.5. The summed E-state index contributed by atoms with van der Waals surface area (Å²) in [6.45, 7) is 0. The molecule has 1 heterocycles. The number of nitrogens with zero attached hydrogens (tertiary/aromatic N) is 3. The SMILES string of the molecule is COc1ccc(Cl)cc1NC(=O)C(C#N)=Cc1cn(-c2ccccc2)nc1-c1ccccc1. The highest BCUT2D eigenvalue weighted by Gasteiger charge is 2.16. The van der Waals surface area contributed by atoms with Crippen LogP contribution in [0, 0.1) is 11.3 Å². The van der Waals surface area contributed by atoms with Crippen LogP contribution in [0.1, 0.15) is 5.56 Å². The highest BCUT2D eigenvalue weighted by Crippen LogP contribution is 2.29. The van der Waals surface area contributed by atoms with Crippen molar-refractivity contribution in [1.82, 2.24) is 9.78 Å². The molecule has 0 aliphatic heterocycles. The van der Waals surface area contributed by atoms with Crippen LogP contribution < -0.4 is 10.1 Å². The Labute approximate surface area is 196 Å². The number of hydrogen-bond acceptors (Lipinski definition) is 4. The largest absolute Gasteiger partial charge is 0.495 e. The fraction of sp³-hybridized carbons (Fsp3) is 0.0385. The molecule has 0 unspecified atom stereocenters. The van der Waals surface area contributed by atoms with Gasteiger partial charge in [-0.1, -0.05) is 60.1 Å². The molecule has 0 fully saturated rings. The zero-order chi connectivity index (χ0) is 23.2. The average Bonchev–Trinajstić information content (AvgIpc) is 3.27. The number of amides is 1. The second-order valence-electron chi connectivity index (χ2n) is 7.05. The van der Waals surface area contributed by atoms with Gasteiger partial charge in [-0.25, -0.2) is 4.68 Å². The third-order valence-corrected chi connectivity index (χ3v) is 5.12. The van der Waals surface area contributed by atoms with Crippen molar-refractivity contribution in [2.75, 3.05) is 12.4 Å². The average molecular weight is 455 g/mol. The fourth-order valence-electron chi connectivity index (χ4n) is 3.30. The molecular formula is C26H19ClN4O2. The lowest BCUT2D eigenvalue weighted by atomic mass is 10.1. The lowest BCUT2D eigenvalue weighted by molar-refractivity contribution is -0.112. The fourth-order valence-corrected chi connectivity index (χ4v) is 3.47. The van der Waals surface area contributed by atoms with Crippen LogP contribution in [0.4, 0.5) is 5.69 Å². The first kappa shape index (κ1) is 21.9. The minimum Gasteiger partial charge on any atom is -0.495 e. The molecule has 33 heavy (non-hydrogen) atoms. The molecule has 4 aromatic rings. The Kier molecular flexibility index (Phi) is 6.53. The van der Waals surface area contributed by atoms with E-state index in [1.165, 1.54) is 13.2 Å². The molecule has 1 amide bonds. The van der Waals surface area contributed by atoms with Gasteiger partial charge >= 0.3 is 0 Å². The minimum absolute atomic E-state index is 0.0816. The number of benzene rings is 3. The van der Waals surface area contributed by atoms with Crippen molar-refractivity contribution in [2.24, 2.45) is 0 Å². The van der Waals surface area contributed by atoms with Crippen LogP contribution in [0.15, 0.2) is 90.6 Å². The molecule has 0 radical (unpaired) electrons. The van der Waals surface area contributed by atoms with Gasteiger partial charge in [0.25, 0.3) is 5.91 Å². The van der Waals surface area contributed by atoms with Crippen LogP contribution in [-0.4, -0.2) is 22.8 Å². The van der Waals surface area contributed by atoms with Crippen LogP contribution in [0.5, 0.6) is 5.75 Å². The monoisotopic (exact) mass is 454 g/mol. The molecule has 0 atom stereocenters. The molecule has 6 nitrogen and oxygen atoms in total. The Bertz CT molecular complexity index is 1360. The van der Waals surface area contributed by atoms with Gasteiger partial charge < -0.3 is 10.1 Å². The van der Waals surface area contributed by atoms with E-state index >= 15 is 0 Å². The number of para-hydroxylation sites is 1. The Balaban J connectivity index is 1.74. The first-order valence-corrected chi connectivity index (χ1v) is 10.4. The van der Waals surface area contributed by atoms with Gasteiger partial charge in [-0.2, -0.15) is 10.4 Å². The van der Waals surface area contributed by atoms with Crippen LogP contribution in [0.2, 0.25) is 5.02 Å². The van der Waals surface area contributed by atoms with Gasteiger partial charge in [-0.3, -0.25) is 4.79 Å². The summed E-state index contributed by atoms with van der Waals surface area (Å²) in [7, 11) is 1.49. The van der Waals surface area contributed by atoms with Gasteiger partial charge in [-0.05, 0) is 36.4 Å². The lowest BCUT2D eigenvalue weighted by Crippen LogP contribution is -2.14. The van der Waals surface area contributed by atoms with E-state index in [1.807, 2.05) is 66.7 Å². The zero-order valence-corrected chi connectivity index (χ0v) is 18.5. The molecule has 0 aliphatic carbocycles. The number of rotatable bonds is 6. The van der Waals surface area contributed by atoms with Gasteiger partial charge in [0, 0.05) is 22.3 Å². The van der Waals surface area contributed by atoms with E-state index in [9.17, 15) is 10.1 Å². The number of anilines is 1. The third kappa shape index (κ3) is 4.95. The normalized spacial score (nSPS) is 11.0. The summed E-state index contributed by atoms with van der Waals surface area (Å²) in [6.07, 6.45) is 3.32. The maximum atomic E-state index is 12.9. The lowest BCUT2D eigenvalue weighted by Gasteiger charge is -2.10. The maximum absolute atomic E-state index is 12.9. The summed E-state index contributed by atoms with van der Waals surface area (Å²) in [5.41, 5.74) is 3.31. The van der Waals surface area contributed by atoms with Gasteiger partial charge in [0.2, 0.25) is 0 Å². The number of carbonyl (C=O) groups excluding carboxylic acids is 1. The second kappa shape index (κ2) is 9.86. The van der Waals surface area contributed by atoms with Crippen molar-refractivity contribution < 1.29 is 9.53 Å². The van der Waals surface area contributed by atoms with Crippen LogP contribution in [0.3, 0.4) is 0 Å². The van der Waals surface area contributed by atoms with E-state index in [2.05, 4.69) is 5.32 Å². The third-order valence-electron chi connectivity index (χ3n) is 4.89. The predicted molar refractivity (Wildman–Crippen MR) is 129 cm³/mol. The highest BCUT2D eigenvalue weighted by molar-refractivity contribution is 6.31. The number of carbonyl (C=O) groups is 1. The first-order chi connectivity index (χ1) is 16.1. The minimum atomic E-state index is -0.579. The number of aromatic nitrogens is 2. The smallest absolute Gasteiger partial charge is 0.266 e. The predicted octanol–water partition coefficient (Wildman–Crippen LogP) is 5.75. The number of nitrogens with one attached hydrogen (secondary N) is 1. The summed E-state index contributed by atoms with van der Waals surface area (Å²) in [5.74, 6) is -0.142. The Morgan fingerprint density at radius 1 is 1.09 bits per heavy atom. The van der Waals surface area contributed by atoms with E-state index in [1.54, 1.807) is 29.1 Å². The number of nitriles is 1. The van der Waals surface area contributed by atoms with Gasteiger partial charge in [-0.15, -0.1) is 0 Å². The number of halogens is 1. The van der Waals surface area contributed by atoms with E-state index < -0.39 is 5.91 Å². The van der Waals surface area contributed by atoms with E-state index in [0.29, 0.717) is 27.7 Å². The van der Waals surface area contributed by atoms with Crippen molar-refractivity contribution >= 4 is 29.3 Å². The van der Waals surface area contributed by atoms with Crippen LogP contribution in [0.25, 0.3) is 23.0 Å². The van der Waals surface area contributed by atoms with Crippen molar-refractivity contribution in [3.05, 3.63) is 101 Å². The first-order valence-electron chi connectivity index (χ1n) is 10.1. The van der Waals surface area contributed by atoms with Crippen molar-refractivity contribution in [3.8, 4) is 28.8 Å². The molecule has 0 bridgehead atoms. The summed E-state index contributed by atoms with van der Waals surface area (Å²) in [4.78, 5) is 12.9. The topological polar surface area (TPSA) is 79.9 Å². The Hall–Kier alpha value is -4.34. The molecule has 162 valence electrons. The Morgan fingerprint density at radius 3 is 2.45 bits per heavy atom. The number of ether oxygens (including phenoxy) is 1. The quantitative estimate of drug-likeness (QED) is 0.297. The summed E-state index contributed by atoms with van der Waals surface area (Å²) in [5, 5.41) is 17.6. The van der Waals surface area contributed by atoms with E-state index in [-0.39, 0.29) is 5.57 Å². The molecule has 4 rings (SSSR count). The molecule has 7 heteroatoms. The molecule has 1 N–H and O–H groups in total. The zero-order valence-electron chi connectivity index (χ0n) is 17.7.